The van der Waals surface area contributed by atoms with E-state index in [0.29, 0.717) is 30.9 Å². The van der Waals surface area contributed by atoms with Crippen LogP contribution in [0.15, 0.2) is 48.5 Å². The maximum Gasteiger partial charge on any atom is 0.407 e. The number of carbonyl (C=O) groups excluding carboxylic acids is 2. The number of esters is 1. The Bertz CT molecular complexity index is 758. The third-order valence-electron chi connectivity index (χ3n) is 4.15. The van der Waals surface area contributed by atoms with E-state index in [0.717, 1.165) is 24.0 Å². The molecule has 0 aliphatic rings. The first-order valence-corrected chi connectivity index (χ1v) is 9.42. The minimum Gasteiger partial charge on any atom is -0.489 e. The largest absolute Gasteiger partial charge is 0.489 e. The second kappa shape index (κ2) is 11.6. The molecule has 2 rings (SSSR count). The van der Waals surface area contributed by atoms with Crippen LogP contribution in [0.5, 0.6) is 5.75 Å². The van der Waals surface area contributed by atoms with Crippen molar-refractivity contribution in [2.75, 3.05) is 20.3 Å². The molecule has 0 unspecified atom stereocenters. The fourth-order valence-corrected chi connectivity index (χ4v) is 2.54. The molecule has 1 N–H and O–H groups in total. The molecule has 0 aliphatic carbocycles. The Labute approximate surface area is 165 Å². The molecular formula is C22H27NO5. The molecular weight excluding hydrogens is 358 g/mol. The number of methoxy groups -OCH3 is 1. The van der Waals surface area contributed by atoms with Gasteiger partial charge < -0.3 is 19.5 Å². The Morgan fingerprint density at radius 3 is 2.50 bits per heavy atom. The van der Waals surface area contributed by atoms with Gasteiger partial charge in [-0.3, -0.25) is 0 Å². The molecule has 0 heterocycles. The summed E-state index contributed by atoms with van der Waals surface area (Å²) in [7, 11) is 1.36. The van der Waals surface area contributed by atoms with E-state index in [1.54, 1.807) is 12.1 Å². The maximum atomic E-state index is 11.8. The summed E-state index contributed by atoms with van der Waals surface area (Å²) in [5.41, 5.74) is 2.35. The standard InChI is InChI=1S/C22H27NO5/c1-3-4-15-27-22(25)23-14-13-17-9-11-19(12-10-17)28-16-18-7-5-6-8-20(18)21(24)26-2/h5-12H,3-4,13-16H2,1-2H3,(H,23,25). The number of nitrogens with one attached hydrogen (secondary N) is 1. The normalized spacial score (nSPS) is 10.2. The summed E-state index contributed by atoms with van der Waals surface area (Å²) in [5.74, 6) is 0.325. The van der Waals surface area contributed by atoms with E-state index in [1.165, 1.54) is 7.11 Å². The Kier molecular flexibility index (Phi) is 8.85. The van der Waals surface area contributed by atoms with Crippen molar-refractivity contribution in [2.24, 2.45) is 0 Å². The summed E-state index contributed by atoms with van der Waals surface area (Å²) in [6, 6.07) is 14.8. The summed E-state index contributed by atoms with van der Waals surface area (Å²) in [5, 5.41) is 2.74. The second-order valence-corrected chi connectivity index (χ2v) is 6.25. The Balaban J connectivity index is 1.79. The van der Waals surface area contributed by atoms with Gasteiger partial charge in [-0.05, 0) is 36.6 Å². The van der Waals surface area contributed by atoms with Crippen molar-refractivity contribution in [2.45, 2.75) is 32.8 Å². The summed E-state index contributed by atoms with van der Waals surface area (Å²) in [6.45, 7) is 3.29. The molecule has 0 aliphatic heterocycles. The molecule has 0 bridgehead atoms. The van der Waals surface area contributed by atoms with E-state index < -0.39 is 0 Å². The third-order valence-corrected chi connectivity index (χ3v) is 4.15. The first-order valence-electron chi connectivity index (χ1n) is 9.42. The van der Waals surface area contributed by atoms with Crippen molar-refractivity contribution in [3.63, 3.8) is 0 Å². The predicted molar refractivity (Wildman–Crippen MR) is 107 cm³/mol. The molecule has 1 amide bonds. The van der Waals surface area contributed by atoms with E-state index in [9.17, 15) is 9.59 Å². The number of unbranched alkanes of at least 4 members (excludes halogenated alkanes) is 1. The number of ether oxygens (including phenoxy) is 3. The van der Waals surface area contributed by atoms with Gasteiger partial charge in [0.15, 0.2) is 0 Å². The van der Waals surface area contributed by atoms with Gasteiger partial charge in [-0.25, -0.2) is 9.59 Å². The van der Waals surface area contributed by atoms with Gasteiger partial charge in [-0.15, -0.1) is 0 Å². The lowest BCUT2D eigenvalue weighted by Crippen LogP contribution is -2.26. The molecule has 150 valence electrons. The van der Waals surface area contributed by atoms with Crippen LogP contribution in [0.4, 0.5) is 4.79 Å². The highest BCUT2D eigenvalue weighted by atomic mass is 16.5. The van der Waals surface area contributed by atoms with Crippen LogP contribution in [-0.4, -0.2) is 32.3 Å². The zero-order valence-corrected chi connectivity index (χ0v) is 16.4. The molecule has 0 atom stereocenters. The topological polar surface area (TPSA) is 73.9 Å². The molecule has 0 radical (unpaired) electrons. The summed E-state index contributed by atoms with van der Waals surface area (Å²) in [6.07, 6.45) is 2.20. The van der Waals surface area contributed by atoms with E-state index >= 15 is 0 Å². The van der Waals surface area contributed by atoms with Gasteiger partial charge in [-0.2, -0.15) is 0 Å². The van der Waals surface area contributed by atoms with Crippen LogP contribution in [0.25, 0.3) is 0 Å². The van der Waals surface area contributed by atoms with Gasteiger partial charge in [0, 0.05) is 12.1 Å². The van der Waals surface area contributed by atoms with Crippen LogP contribution >= 0.6 is 0 Å². The molecule has 0 aromatic heterocycles. The summed E-state index contributed by atoms with van der Waals surface area (Å²) >= 11 is 0. The fourth-order valence-electron chi connectivity index (χ4n) is 2.54. The lowest BCUT2D eigenvalue weighted by atomic mass is 10.1. The molecule has 2 aromatic carbocycles. The lowest BCUT2D eigenvalue weighted by Gasteiger charge is -2.10. The first kappa shape index (κ1) is 21.3. The second-order valence-electron chi connectivity index (χ2n) is 6.25. The highest BCUT2D eigenvalue weighted by Crippen LogP contribution is 2.17. The van der Waals surface area contributed by atoms with Gasteiger partial charge in [0.05, 0.1) is 19.3 Å². The quantitative estimate of drug-likeness (QED) is 0.492. The van der Waals surface area contributed by atoms with Crippen molar-refractivity contribution in [3.05, 3.63) is 65.2 Å². The van der Waals surface area contributed by atoms with Gasteiger partial charge >= 0.3 is 12.1 Å². The minimum atomic E-state index is -0.379. The monoisotopic (exact) mass is 385 g/mol. The van der Waals surface area contributed by atoms with Crippen LogP contribution in [-0.2, 0) is 22.5 Å². The SMILES string of the molecule is CCCCOC(=O)NCCc1ccc(OCc2ccccc2C(=O)OC)cc1. The molecule has 0 spiro atoms. The number of rotatable bonds is 10. The van der Waals surface area contributed by atoms with Gasteiger partial charge in [0.2, 0.25) is 0 Å². The minimum absolute atomic E-state index is 0.274. The average Bonchev–Trinajstić information content (AvgIpc) is 2.73. The van der Waals surface area contributed by atoms with Crippen molar-refractivity contribution in [1.29, 1.82) is 0 Å². The van der Waals surface area contributed by atoms with E-state index in [4.69, 9.17) is 14.2 Å². The average molecular weight is 385 g/mol. The number of amides is 1. The fraction of sp³-hybridized carbons (Fsp3) is 0.364. The van der Waals surface area contributed by atoms with Crippen LogP contribution in [0, 0.1) is 0 Å². The highest BCUT2D eigenvalue weighted by Gasteiger charge is 2.11. The molecule has 0 saturated heterocycles. The molecule has 28 heavy (non-hydrogen) atoms. The Morgan fingerprint density at radius 1 is 1.04 bits per heavy atom. The van der Waals surface area contributed by atoms with Crippen molar-refractivity contribution in [3.8, 4) is 5.75 Å². The summed E-state index contributed by atoms with van der Waals surface area (Å²) < 4.78 is 15.6. The van der Waals surface area contributed by atoms with Crippen molar-refractivity contribution >= 4 is 12.1 Å². The molecule has 2 aromatic rings. The Hall–Kier alpha value is -3.02. The van der Waals surface area contributed by atoms with Crippen LogP contribution in [0.1, 0.15) is 41.3 Å². The lowest BCUT2D eigenvalue weighted by molar-refractivity contribution is 0.0597. The number of hydrogen-bond donors (Lipinski definition) is 1. The van der Waals surface area contributed by atoms with Gasteiger partial charge in [-0.1, -0.05) is 43.7 Å². The highest BCUT2D eigenvalue weighted by molar-refractivity contribution is 5.90. The van der Waals surface area contributed by atoms with E-state index in [-0.39, 0.29) is 18.7 Å². The molecule has 6 heteroatoms. The first-order chi connectivity index (χ1) is 13.6. The van der Waals surface area contributed by atoms with Crippen LogP contribution < -0.4 is 10.1 Å². The zero-order valence-electron chi connectivity index (χ0n) is 16.4. The molecule has 0 fully saturated rings. The van der Waals surface area contributed by atoms with Crippen molar-refractivity contribution < 1.29 is 23.8 Å². The van der Waals surface area contributed by atoms with E-state index in [2.05, 4.69) is 5.32 Å². The summed E-state index contributed by atoms with van der Waals surface area (Å²) in [4.78, 5) is 23.3. The smallest absolute Gasteiger partial charge is 0.407 e. The van der Waals surface area contributed by atoms with E-state index in [1.807, 2.05) is 43.3 Å². The Morgan fingerprint density at radius 2 is 1.79 bits per heavy atom. The van der Waals surface area contributed by atoms with Gasteiger partial charge in [0.1, 0.15) is 12.4 Å². The number of alkyl carbamates (subject to hydrolysis) is 1. The number of hydrogen-bond acceptors (Lipinski definition) is 5. The van der Waals surface area contributed by atoms with Crippen LogP contribution in [0.3, 0.4) is 0 Å². The zero-order chi connectivity index (χ0) is 20.2. The van der Waals surface area contributed by atoms with Crippen molar-refractivity contribution in [1.82, 2.24) is 5.32 Å². The van der Waals surface area contributed by atoms with Crippen LogP contribution in [0.2, 0.25) is 0 Å². The molecule has 0 saturated carbocycles. The third kappa shape index (κ3) is 6.95. The number of carbonyl (C=O) groups is 2. The predicted octanol–water partition coefficient (Wildman–Crippen LogP) is 4.12. The maximum absolute atomic E-state index is 11.8. The number of benzene rings is 2. The molecule has 6 nitrogen and oxygen atoms in total. The van der Waals surface area contributed by atoms with Gasteiger partial charge in [0.25, 0.3) is 0 Å².